The van der Waals surface area contributed by atoms with Crippen molar-refractivity contribution in [3.05, 3.63) is 35.4 Å². The molecule has 0 spiro atoms. The lowest BCUT2D eigenvalue weighted by Crippen LogP contribution is -2.47. The molecular formula is C12H15F2NO. The van der Waals surface area contributed by atoms with Crippen LogP contribution in [-0.2, 0) is 10.2 Å². The molecule has 1 fully saturated rings. The molecule has 0 saturated carbocycles. The Bertz CT molecular complexity index is 377. The lowest BCUT2D eigenvalue weighted by molar-refractivity contribution is -0.0650. The summed E-state index contributed by atoms with van der Waals surface area (Å²) in [6.45, 7) is 1.74. The van der Waals surface area contributed by atoms with Gasteiger partial charge >= 0.3 is 0 Å². The molecule has 0 atom stereocenters. The van der Waals surface area contributed by atoms with Gasteiger partial charge in [-0.05, 0) is 37.1 Å². The Labute approximate surface area is 93.4 Å². The van der Waals surface area contributed by atoms with Gasteiger partial charge < -0.3 is 10.5 Å². The fourth-order valence-electron chi connectivity index (χ4n) is 2.07. The smallest absolute Gasteiger partial charge is 0.159 e. The topological polar surface area (TPSA) is 35.2 Å². The fourth-order valence-corrected chi connectivity index (χ4v) is 2.07. The number of hydrogen-bond donors (Lipinski definition) is 1. The van der Waals surface area contributed by atoms with Crippen LogP contribution in [0.15, 0.2) is 18.2 Å². The largest absolute Gasteiger partial charge is 0.379 e. The van der Waals surface area contributed by atoms with Crippen LogP contribution in [0, 0.1) is 11.6 Å². The summed E-state index contributed by atoms with van der Waals surface area (Å²) < 4.78 is 31.2. The molecule has 88 valence electrons. The molecular weight excluding hydrogens is 212 g/mol. The number of nitrogens with two attached hydrogens (primary N) is 1. The van der Waals surface area contributed by atoms with Crippen molar-refractivity contribution in [1.82, 2.24) is 0 Å². The van der Waals surface area contributed by atoms with Crippen molar-refractivity contribution in [2.75, 3.05) is 19.8 Å². The Hall–Kier alpha value is -1.00. The number of benzene rings is 1. The molecule has 2 rings (SSSR count). The molecule has 2 nitrogen and oxygen atoms in total. The number of hydrogen-bond acceptors (Lipinski definition) is 2. The Morgan fingerprint density at radius 1 is 1.25 bits per heavy atom. The first kappa shape index (κ1) is 11.5. The number of rotatable bonds is 4. The maximum atomic E-state index is 13.2. The molecule has 1 aliphatic rings. The molecule has 1 heterocycles. The van der Waals surface area contributed by atoms with E-state index in [1.807, 2.05) is 0 Å². The van der Waals surface area contributed by atoms with Gasteiger partial charge in [0.05, 0.1) is 13.2 Å². The van der Waals surface area contributed by atoms with Crippen LogP contribution in [0.1, 0.15) is 18.4 Å². The monoisotopic (exact) mass is 227 g/mol. The van der Waals surface area contributed by atoms with Crippen LogP contribution in [0.5, 0.6) is 0 Å². The number of halogens is 2. The van der Waals surface area contributed by atoms with Crippen LogP contribution in [0.25, 0.3) is 0 Å². The summed E-state index contributed by atoms with van der Waals surface area (Å²) in [6, 6.07) is 4.08. The van der Waals surface area contributed by atoms with E-state index < -0.39 is 11.6 Å². The summed E-state index contributed by atoms with van der Waals surface area (Å²) in [6.07, 6.45) is 1.72. The van der Waals surface area contributed by atoms with Crippen LogP contribution in [0.4, 0.5) is 8.78 Å². The number of ether oxygens (including phenoxy) is 1. The van der Waals surface area contributed by atoms with Gasteiger partial charge in [0.15, 0.2) is 11.6 Å². The standard InChI is InChI=1S/C12H15F2NO/c13-10-3-2-9(6-11(10)14)12(4-1-5-15)7-16-8-12/h2-3,6H,1,4-5,7-8,15H2. The molecule has 4 heteroatoms. The third-order valence-corrected chi connectivity index (χ3v) is 3.15. The zero-order valence-corrected chi connectivity index (χ0v) is 9.01. The summed E-state index contributed by atoms with van der Waals surface area (Å²) in [5, 5.41) is 0. The molecule has 0 unspecified atom stereocenters. The van der Waals surface area contributed by atoms with Crippen molar-refractivity contribution in [3.63, 3.8) is 0 Å². The van der Waals surface area contributed by atoms with E-state index in [0.29, 0.717) is 19.8 Å². The normalized spacial score (nSPS) is 18.2. The Balaban J connectivity index is 2.22. The summed E-state index contributed by atoms with van der Waals surface area (Å²) >= 11 is 0. The van der Waals surface area contributed by atoms with E-state index in [2.05, 4.69) is 0 Å². The van der Waals surface area contributed by atoms with Gasteiger partial charge in [0, 0.05) is 5.41 Å². The third-order valence-electron chi connectivity index (χ3n) is 3.15. The Morgan fingerprint density at radius 2 is 2.00 bits per heavy atom. The molecule has 1 aliphatic heterocycles. The van der Waals surface area contributed by atoms with Gasteiger partial charge in [-0.25, -0.2) is 8.78 Å². The Kier molecular flexibility index (Phi) is 3.21. The minimum atomic E-state index is -0.807. The molecule has 0 radical (unpaired) electrons. The van der Waals surface area contributed by atoms with Crippen molar-refractivity contribution < 1.29 is 13.5 Å². The highest BCUT2D eigenvalue weighted by atomic mass is 19.2. The second-order valence-corrected chi connectivity index (χ2v) is 4.29. The van der Waals surface area contributed by atoms with Gasteiger partial charge in [-0.1, -0.05) is 6.07 Å². The maximum Gasteiger partial charge on any atom is 0.159 e. The highest BCUT2D eigenvalue weighted by Crippen LogP contribution is 2.37. The molecule has 1 aromatic carbocycles. The highest BCUT2D eigenvalue weighted by molar-refractivity contribution is 5.29. The van der Waals surface area contributed by atoms with Crippen LogP contribution >= 0.6 is 0 Å². The third kappa shape index (κ3) is 1.95. The summed E-state index contributed by atoms with van der Waals surface area (Å²) in [5.74, 6) is -1.60. The summed E-state index contributed by atoms with van der Waals surface area (Å²) in [5.41, 5.74) is 6.12. The molecule has 0 aliphatic carbocycles. The minimum Gasteiger partial charge on any atom is -0.379 e. The Morgan fingerprint density at radius 3 is 2.50 bits per heavy atom. The van der Waals surface area contributed by atoms with Crippen LogP contribution in [0.2, 0.25) is 0 Å². The van der Waals surface area contributed by atoms with Gasteiger partial charge in [-0.15, -0.1) is 0 Å². The van der Waals surface area contributed by atoms with Gasteiger partial charge in [0.1, 0.15) is 0 Å². The van der Waals surface area contributed by atoms with E-state index in [9.17, 15) is 8.78 Å². The van der Waals surface area contributed by atoms with Crippen molar-refractivity contribution in [1.29, 1.82) is 0 Å². The zero-order valence-electron chi connectivity index (χ0n) is 9.01. The van der Waals surface area contributed by atoms with Gasteiger partial charge in [0.2, 0.25) is 0 Å². The van der Waals surface area contributed by atoms with Crippen molar-refractivity contribution >= 4 is 0 Å². The highest BCUT2D eigenvalue weighted by Gasteiger charge is 2.39. The van der Waals surface area contributed by atoms with Crippen LogP contribution in [-0.4, -0.2) is 19.8 Å². The second-order valence-electron chi connectivity index (χ2n) is 4.29. The van der Waals surface area contributed by atoms with Gasteiger partial charge in [-0.3, -0.25) is 0 Å². The minimum absolute atomic E-state index is 0.159. The lowest BCUT2D eigenvalue weighted by atomic mass is 9.75. The fraction of sp³-hybridized carbons (Fsp3) is 0.500. The predicted molar refractivity (Wildman–Crippen MR) is 57.1 cm³/mol. The van der Waals surface area contributed by atoms with E-state index in [1.165, 1.54) is 12.1 Å². The molecule has 1 saturated heterocycles. The first-order chi connectivity index (χ1) is 7.68. The molecule has 1 aromatic rings. The molecule has 0 bridgehead atoms. The van der Waals surface area contributed by atoms with E-state index >= 15 is 0 Å². The summed E-state index contributed by atoms with van der Waals surface area (Å²) in [4.78, 5) is 0. The molecule has 2 N–H and O–H groups in total. The second kappa shape index (κ2) is 4.47. The lowest BCUT2D eigenvalue weighted by Gasteiger charge is -2.42. The van der Waals surface area contributed by atoms with E-state index in [4.69, 9.17) is 10.5 Å². The van der Waals surface area contributed by atoms with Crippen molar-refractivity contribution in [3.8, 4) is 0 Å². The summed E-state index contributed by atoms with van der Waals surface area (Å²) in [7, 11) is 0. The van der Waals surface area contributed by atoms with Gasteiger partial charge in [0.25, 0.3) is 0 Å². The van der Waals surface area contributed by atoms with Crippen LogP contribution < -0.4 is 5.73 Å². The quantitative estimate of drug-likeness (QED) is 0.853. The van der Waals surface area contributed by atoms with Gasteiger partial charge in [-0.2, -0.15) is 0 Å². The molecule has 16 heavy (non-hydrogen) atoms. The maximum absolute atomic E-state index is 13.2. The van der Waals surface area contributed by atoms with E-state index in [0.717, 1.165) is 18.4 Å². The predicted octanol–water partition coefficient (Wildman–Crippen LogP) is 1.97. The average molecular weight is 227 g/mol. The SMILES string of the molecule is NCCCC1(c2ccc(F)c(F)c2)COC1. The molecule has 0 aromatic heterocycles. The molecule has 0 amide bonds. The van der Waals surface area contributed by atoms with Crippen molar-refractivity contribution in [2.24, 2.45) is 5.73 Å². The van der Waals surface area contributed by atoms with E-state index in [1.54, 1.807) is 6.07 Å². The van der Waals surface area contributed by atoms with Crippen molar-refractivity contribution in [2.45, 2.75) is 18.3 Å². The first-order valence-electron chi connectivity index (χ1n) is 5.41. The van der Waals surface area contributed by atoms with E-state index in [-0.39, 0.29) is 5.41 Å². The van der Waals surface area contributed by atoms with Crippen LogP contribution in [0.3, 0.4) is 0 Å². The average Bonchev–Trinajstić information content (AvgIpc) is 2.22. The first-order valence-corrected chi connectivity index (χ1v) is 5.41. The zero-order chi connectivity index (χ0) is 11.6.